The molecule has 3 fully saturated rings. The molecule has 1 heteroatoms. The number of benzene rings is 6. The minimum absolute atomic E-state index is 0.786. The van der Waals surface area contributed by atoms with Crippen LogP contribution in [0, 0.1) is 17.8 Å². The summed E-state index contributed by atoms with van der Waals surface area (Å²) in [6.07, 6.45) is 7.12. The van der Waals surface area contributed by atoms with Crippen LogP contribution in [0.2, 0.25) is 0 Å². The summed E-state index contributed by atoms with van der Waals surface area (Å²) >= 11 is 0. The molecule has 0 aliphatic heterocycles. The van der Waals surface area contributed by atoms with Crippen molar-refractivity contribution in [2.45, 2.75) is 38.0 Å². The van der Waals surface area contributed by atoms with Crippen molar-refractivity contribution in [3.63, 3.8) is 0 Å². The molecule has 4 atom stereocenters. The van der Waals surface area contributed by atoms with Gasteiger partial charge in [0.1, 0.15) is 0 Å². The van der Waals surface area contributed by atoms with Gasteiger partial charge in [-0.05, 0) is 117 Å². The molecule has 4 aliphatic rings. The van der Waals surface area contributed by atoms with Crippen LogP contribution in [0.25, 0.3) is 44.2 Å². The van der Waals surface area contributed by atoms with Crippen LogP contribution in [0.4, 0.5) is 11.4 Å². The fourth-order valence-corrected chi connectivity index (χ4v) is 8.98. The Morgan fingerprint density at radius 3 is 2.00 bits per heavy atom. The monoisotopic (exact) mass is 567 g/mol. The highest BCUT2D eigenvalue weighted by Gasteiger charge is 2.46. The fraction of sp³-hybridized carbons (Fsp3) is 0.209. The van der Waals surface area contributed by atoms with E-state index >= 15 is 0 Å². The molecule has 4 unspecified atom stereocenters. The van der Waals surface area contributed by atoms with Crippen LogP contribution in [-0.2, 0) is 6.42 Å². The van der Waals surface area contributed by atoms with E-state index in [9.17, 15) is 0 Å². The van der Waals surface area contributed by atoms with Gasteiger partial charge < -0.3 is 5.32 Å². The Balaban J connectivity index is 1.04. The first-order valence-corrected chi connectivity index (χ1v) is 16.5. The van der Waals surface area contributed by atoms with Crippen LogP contribution in [0.15, 0.2) is 133 Å². The van der Waals surface area contributed by atoms with Crippen molar-refractivity contribution in [2.24, 2.45) is 17.8 Å². The van der Waals surface area contributed by atoms with Crippen LogP contribution in [-0.4, -0.2) is 0 Å². The summed E-state index contributed by atoms with van der Waals surface area (Å²) in [5.41, 5.74) is 13.2. The Hall–Kier alpha value is -4.62. The van der Waals surface area contributed by atoms with E-state index in [0.29, 0.717) is 0 Å². The number of hydrogen-bond acceptors (Lipinski definition) is 1. The summed E-state index contributed by atoms with van der Waals surface area (Å²) < 4.78 is 0. The molecule has 3 saturated carbocycles. The maximum atomic E-state index is 3.67. The molecule has 4 bridgehead atoms. The molecule has 6 aromatic rings. The molecule has 0 aromatic heterocycles. The van der Waals surface area contributed by atoms with Crippen LogP contribution >= 0.6 is 0 Å². The number of para-hydroxylation sites is 1. The normalized spacial score (nSPS) is 21.6. The molecule has 6 aromatic carbocycles. The van der Waals surface area contributed by atoms with Gasteiger partial charge in [-0.1, -0.05) is 122 Å². The maximum absolute atomic E-state index is 3.67. The van der Waals surface area contributed by atoms with E-state index in [1.165, 1.54) is 76.3 Å². The third kappa shape index (κ3) is 4.37. The van der Waals surface area contributed by atoms with E-state index in [0.717, 1.165) is 35.0 Å². The van der Waals surface area contributed by atoms with Gasteiger partial charge in [0.25, 0.3) is 0 Å². The zero-order valence-electron chi connectivity index (χ0n) is 25.0. The number of rotatable bonds is 5. The lowest BCUT2D eigenvalue weighted by molar-refractivity contribution is 0.0628. The highest BCUT2D eigenvalue weighted by Crippen LogP contribution is 2.57. The molecular formula is C43H37N. The molecule has 4 aliphatic carbocycles. The standard InChI is InChI=1S/C43H37N/c1-2-8-29(9-3-1)38-10-6-7-13-43(38)44-34-19-17-30(18-20-34)35-22-23-36(40-12-5-4-11-39(35)40)32-16-15-31-26-33-24-28-14-21-37(33)42(25-28)41(31)27-32/h1-13,15-20,22-23,27-28,33,37,42,44H,14,21,24-26H2. The highest BCUT2D eigenvalue weighted by atomic mass is 14.9. The first kappa shape index (κ1) is 25.8. The summed E-state index contributed by atoms with van der Waals surface area (Å²) in [5, 5.41) is 6.32. The van der Waals surface area contributed by atoms with E-state index in [1.54, 1.807) is 11.1 Å². The van der Waals surface area contributed by atoms with Gasteiger partial charge >= 0.3 is 0 Å². The predicted molar refractivity (Wildman–Crippen MR) is 185 cm³/mol. The van der Waals surface area contributed by atoms with Crippen molar-refractivity contribution in [3.05, 3.63) is 145 Å². The summed E-state index contributed by atoms with van der Waals surface area (Å²) in [4.78, 5) is 0. The minimum atomic E-state index is 0.786. The number of hydrogen-bond donors (Lipinski definition) is 1. The molecule has 44 heavy (non-hydrogen) atoms. The average Bonchev–Trinajstić information content (AvgIpc) is 3.09. The predicted octanol–water partition coefficient (Wildman–Crippen LogP) is 11.7. The van der Waals surface area contributed by atoms with Gasteiger partial charge in [-0.2, -0.15) is 0 Å². The lowest BCUT2D eigenvalue weighted by atomic mass is 9.53. The zero-order chi connectivity index (χ0) is 29.0. The lowest BCUT2D eigenvalue weighted by Gasteiger charge is -2.51. The zero-order valence-corrected chi connectivity index (χ0v) is 25.0. The summed E-state index contributed by atoms with van der Waals surface area (Å²) in [7, 11) is 0. The third-order valence-corrected chi connectivity index (χ3v) is 11.0. The molecular weight excluding hydrogens is 530 g/mol. The van der Waals surface area contributed by atoms with Crippen molar-refractivity contribution in [3.8, 4) is 33.4 Å². The smallest absolute Gasteiger partial charge is 0.0463 e. The van der Waals surface area contributed by atoms with E-state index in [4.69, 9.17) is 0 Å². The molecule has 1 N–H and O–H groups in total. The van der Waals surface area contributed by atoms with Crippen molar-refractivity contribution >= 4 is 22.1 Å². The van der Waals surface area contributed by atoms with Crippen molar-refractivity contribution < 1.29 is 0 Å². The summed E-state index contributed by atoms with van der Waals surface area (Å²) in [6.45, 7) is 0. The van der Waals surface area contributed by atoms with Crippen molar-refractivity contribution in [2.75, 3.05) is 5.32 Å². The lowest BCUT2D eigenvalue weighted by Crippen LogP contribution is -2.41. The van der Waals surface area contributed by atoms with E-state index in [1.807, 2.05) is 0 Å². The Bertz CT molecular complexity index is 1990. The van der Waals surface area contributed by atoms with Gasteiger partial charge in [0, 0.05) is 16.9 Å². The van der Waals surface area contributed by atoms with Crippen LogP contribution < -0.4 is 5.32 Å². The van der Waals surface area contributed by atoms with Crippen molar-refractivity contribution in [1.82, 2.24) is 0 Å². The van der Waals surface area contributed by atoms with Gasteiger partial charge in [0.2, 0.25) is 0 Å². The second-order valence-corrected chi connectivity index (χ2v) is 13.4. The molecule has 0 heterocycles. The van der Waals surface area contributed by atoms with Gasteiger partial charge in [-0.15, -0.1) is 0 Å². The minimum Gasteiger partial charge on any atom is -0.355 e. The topological polar surface area (TPSA) is 12.0 Å². The van der Waals surface area contributed by atoms with Gasteiger partial charge in [-0.25, -0.2) is 0 Å². The van der Waals surface area contributed by atoms with Gasteiger partial charge in [-0.3, -0.25) is 0 Å². The second-order valence-electron chi connectivity index (χ2n) is 13.4. The van der Waals surface area contributed by atoms with E-state index in [2.05, 4.69) is 139 Å². The second kappa shape index (κ2) is 10.5. The van der Waals surface area contributed by atoms with Gasteiger partial charge in [0.15, 0.2) is 0 Å². The SMILES string of the molecule is c1ccc(-c2ccccc2Nc2ccc(-c3ccc(-c4ccc5c(c4)C4CC6CCC4C(C5)C6)c4ccccc34)cc2)cc1. The molecule has 0 saturated heterocycles. The number of anilines is 2. The molecule has 1 nitrogen and oxygen atoms in total. The van der Waals surface area contributed by atoms with E-state index < -0.39 is 0 Å². The van der Waals surface area contributed by atoms with Crippen LogP contribution in [0.1, 0.15) is 42.7 Å². The number of fused-ring (bicyclic) bond motifs is 3. The van der Waals surface area contributed by atoms with Crippen LogP contribution in [0.5, 0.6) is 0 Å². The van der Waals surface area contributed by atoms with Crippen molar-refractivity contribution in [1.29, 1.82) is 0 Å². The molecule has 0 spiro atoms. The molecule has 0 radical (unpaired) electrons. The largest absolute Gasteiger partial charge is 0.355 e. The van der Waals surface area contributed by atoms with Crippen LogP contribution in [0.3, 0.4) is 0 Å². The Morgan fingerprint density at radius 2 is 1.20 bits per heavy atom. The summed E-state index contributed by atoms with van der Waals surface area (Å²) in [6, 6.07) is 49.1. The molecule has 10 rings (SSSR count). The fourth-order valence-electron chi connectivity index (χ4n) is 8.98. The molecule has 0 amide bonds. The Kier molecular flexibility index (Phi) is 6.18. The number of nitrogens with one attached hydrogen (secondary N) is 1. The average molecular weight is 568 g/mol. The molecule has 214 valence electrons. The summed E-state index contributed by atoms with van der Waals surface area (Å²) in [5.74, 6) is 3.61. The first-order chi connectivity index (χ1) is 21.8. The Morgan fingerprint density at radius 1 is 0.523 bits per heavy atom. The highest BCUT2D eigenvalue weighted by molar-refractivity contribution is 6.05. The maximum Gasteiger partial charge on any atom is 0.0463 e. The first-order valence-electron chi connectivity index (χ1n) is 16.5. The Labute approximate surface area is 260 Å². The third-order valence-electron chi connectivity index (χ3n) is 11.0. The van der Waals surface area contributed by atoms with Gasteiger partial charge in [0.05, 0.1) is 0 Å². The quantitative estimate of drug-likeness (QED) is 0.218. The van der Waals surface area contributed by atoms with E-state index in [-0.39, 0.29) is 0 Å².